The first kappa shape index (κ1) is 35.7. The summed E-state index contributed by atoms with van der Waals surface area (Å²) in [4.78, 5) is 0. The van der Waals surface area contributed by atoms with Crippen molar-refractivity contribution in [2.75, 3.05) is 39.4 Å². The van der Waals surface area contributed by atoms with Crippen LogP contribution in [0.3, 0.4) is 0 Å². The van der Waals surface area contributed by atoms with Gasteiger partial charge in [-0.1, -0.05) is 59.8 Å². The van der Waals surface area contributed by atoms with E-state index in [0.717, 1.165) is 74.7 Å². The fraction of sp³-hybridized carbons (Fsp3) is 1.00. The lowest BCUT2D eigenvalue weighted by atomic mass is 9.43. The Hall–Kier alpha value is -0.200. The Morgan fingerprint density at radius 3 is 2.19 bits per heavy atom. The number of hydrogen-bond donors (Lipinski definition) is 3. The van der Waals surface area contributed by atoms with Gasteiger partial charge in [-0.3, -0.25) is 0 Å². The van der Waals surface area contributed by atoms with Crippen molar-refractivity contribution in [3.05, 3.63) is 0 Å². The van der Waals surface area contributed by atoms with Gasteiger partial charge in [0.2, 0.25) is 0 Å². The molecule has 0 radical (unpaired) electrons. The highest BCUT2D eigenvalue weighted by Crippen LogP contribution is 2.68. The molecule has 4 aliphatic rings. The van der Waals surface area contributed by atoms with Crippen LogP contribution in [0.15, 0.2) is 0 Å². The average Bonchev–Trinajstić information content (AvgIpc) is 3.36. The van der Waals surface area contributed by atoms with E-state index in [9.17, 15) is 0 Å². The molecule has 0 amide bonds. The Bertz CT molecular complexity index is 780. The van der Waals surface area contributed by atoms with Crippen molar-refractivity contribution in [3.63, 3.8) is 0 Å². The van der Waals surface area contributed by atoms with E-state index in [1.807, 2.05) is 0 Å². The van der Waals surface area contributed by atoms with Crippen LogP contribution in [0.5, 0.6) is 0 Å². The molecule has 0 aromatic heterocycles. The molecule has 10 atom stereocenters. The summed E-state index contributed by atoms with van der Waals surface area (Å²) >= 11 is 0. The third-order valence-corrected chi connectivity index (χ3v) is 13.5. The first-order valence-electron chi connectivity index (χ1n) is 19.2. The summed E-state index contributed by atoms with van der Waals surface area (Å²) in [5, 5.41) is 3.76. The van der Waals surface area contributed by atoms with Gasteiger partial charge in [-0.15, -0.1) is 0 Å². The minimum Gasteiger partial charge on any atom is -0.378 e. The first-order chi connectivity index (χ1) is 20.9. The Morgan fingerprint density at radius 2 is 1.42 bits per heavy atom. The number of hydrogen-bond acceptors (Lipinski definition) is 5. The Labute approximate surface area is 267 Å². The van der Waals surface area contributed by atoms with Crippen molar-refractivity contribution in [2.24, 2.45) is 57.8 Å². The van der Waals surface area contributed by atoms with E-state index in [2.05, 4.69) is 33.0 Å². The number of rotatable bonds is 20. The van der Waals surface area contributed by atoms with Gasteiger partial charge in [0.15, 0.2) is 0 Å². The zero-order valence-corrected chi connectivity index (χ0v) is 29.1. The maximum absolute atomic E-state index is 6.86. The Balaban J connectivity index is 1.34. The maximum Gasteiger partial charge on any atom is 0.0611 e. The average molecular weight is 604 g/mol. The molecule has 43 heavy (non-hydrogen) atoms. The summed E-state index contributed by atoms with van der Waals surface area (Å²) in [6.45, 7) is 15.8. The SMILES string of the molecule is CCCCCCCCNCCC[C@@H](C)C1CCC2C3C(OCCCN)CC4C[C@H](OCCCN)CCC4(C)C3CCC21C. The van der Waals surface area contributed by atoms with Crippen LogP contribution in [-0.4, -0.2) is 51.6 Å². The summed E-state index contributed by atoms with van der Waals surface area (Å²) in [5.74, 6) is 4.77. The lowest BCUT2D eigenvalue weighted by Gasteiger charge is -2.63. The quantitative estimate of drug-likeness (QED) is 0.123. The molecule has 0 aliphatic heterocycles. The Morgan fingerprint density at radius 1 is 0.744 bits per heavy atom. The fourth-order valence-corrected chi connectivity index (χ4v) is 11.0. The predicted molar refractivity (Wildman–Crippen MR) is 182 cm³/mol. The largest absolute Gasteiger partial charge is 0.378 e. The van der Waals surface area contributed by atoms with Crippen LogP contribution in [0.4, 0.5) is 0 Å². The minimum atomic E-state index is 0.405. The van der Waals surface area contributed by atoms with E-state index in [-0.39, 0.29) is 0 Å². The monoisotopic (exact) mass is 604 g/mol. The van der Waals surface area contributed by atoms with Crippen molar-refractivity contribution < 1.29 is 9.47 Å². The lowest BCUT2D eigenvalue weighted by molar-refractivity contribution is -0.191. The van der Waals surface area contributed by atoms with Crippen molar-refractivity contribution in [1.82, 2.24) is 5.32 Å². The van der Waals surface area contributed by atoms with Crippen LogP contribution >= 0.6 is 0 Å². The first-order valence-corrected chi connectivity index (χ1v) is 19.2. The molecule has 5 heteroatoms. The summed E-state index contributed by atoms with van der Waals surface area (Å²) in [7, 11) is 0. The van der Waals surface area contributed by atoms with E-state index < -0.39 is 0 Å². The molecule has 8 unspecified atom stereocenters. The van der Waals surface area contributed by atoms with Gasteiger partial charge in [0.1, 0.15) is 0 Å². The normalized spacial score (nSPS) is 38.0. The summed E-state index contributed by atoms with van der Waals surface area (Å²) < 4.78 is 13.2. The molecule has 0 spiro atoms. The smallest absolute Gasteiger partial charge is 0.0611 e. The number of unbranched alkanes of at least 4 members (excludes halogenated alkanes) is 5. The summed E-state index contributed by atoms with van der Waals surface area (Å²) in [6, 6.07) is 0. The lowest BCUT2D eigenvalue weighted by Crippen LogP contribution is -2.59. The molecule has 4 aliphatic carbocycles. The highest BCUT2D eigenvalue weighted by molar-refractivity contribution is 5.12. The summed E-state index contributed by atoms with van der Waals surface area (Å²) in [5.41, 5.74) is 12.6. The van der Waals surface area contributed by atoms with E-state index in [0.29, 0.717) is 23.0 Å². The van der Waals surface area contributed by atoms with Crippen LogP contribution in [-0.2, 0) is 9.47 Å². The van der Waals surface area contributed by atoms with E-state index >= 15 is 0 Å². The van der Waals surface area contributed by atoms with E-state index in [1.54, 1.807) is 0 Å². The highest BCUT2D eigenvalue weighted by Gasteiger charge is 2.63. The summed E-state index contributed by atoms with van der Waals surface area (Å²) in [6.07, 6.45) is 24.5. The molecule has 0 bridgehead atoms. The number of fused-ring (bicyclic) bond motifs is 5. The van der Waals surface area contributed by atoms with Gasteiger partial charge in [0.25, 0.3) is 0 Å². The van der Waals surface area contributed by atoms with Crippen molar-refractivity contribution in [3.8, 4) is 0 Å². The van der Waals surface area contributed by atoms with Crippen molar-refractivity contribution in [1.29, 1.82) is 0 Å². The van der Waals surface area contributed by atoms with Crippen LogP contribution in [0.25, 0.3) is 0 Å². The molecule has 5 nitrogen and oxygen atoms in total. The van der Waals surface area contributed by atoms with E-state index in [1.165, 1.54) is 116 Å². The molecule has 5 N–H and O–H groups in total. The second-order valence-corrected chi connectivity index (χ2v) is 16.1. The van der Waals surface area contributed by atoms with Crippen LogP contribution in [0.2, 0.25) is 0 Å². The van der Waals surface area contributed by atoms with Gasteiger partial charge >= 0.3 is 0 Å². The standard InChI is InChI=1S/C38H73N3O2/c1-5-6-7-8-9-10-23-41-24-11-14-29(2)32-15-16-33-36-34(18-20-38(32,33)4)37(3)19-17-31(42-25-12-21-39)27-30(37)28-35(36)43-26-13-22-40/h29-36,41H,5-28,39-40H2,1-4H3/t29-,30?,31-,32?,33?,34?,35?,36?,37?,38?/m1/s1. The minimum absolute atomic E-state index is 0.405. The fourth-order valence-electron chi connectivity index (χ4n) is 11.0. The molecular weight excluding hydrogens is 530 g/mol. The van der Waals surface area contributed by atoms with Gasteiger partial charge in [0, 0.05) is 13.2 Å². The van der Waals surface area contributed by atoms with Gasteiger partial charge in [-0.25, -0.2) is 0 Å². The topological polar surface area (TPSA) is 82.5 Å². The highest BCUT2D eigenvalue weighted by atomic mass is 16.5. The molecule has 0 aromatic carbocycles. The van der Waals surface area contributed by atoms with Crippen molar-refractivity contribution >= 4 is 0 Å². The maximum atomic E-state index is 6.86. The molecule has 0 aromatic rings. The number of nitrogens with one attached hydrogen (secondary N) is 1. The number of ether oxygens (including phenoxy) is 2. The molecular formula is C38H73N3O2. The third kappa shape index (κ3) is 8.79. The van der Waals surface area contributed by atoms with Crippen LogP contribution < -0.4 is 16.8 Å². The molecule has 0 saturated heterocycles. The third-order valence-electron chi connectivity index (χ3n) is 13.5. The van der Waals surface area contributed by atoms with Crippen molar-refractivity contribution in [2.45, 2.75) is 155 Å². The van der Waals surface area contributed by atoms with Gasteiger partial charge in [-0.2, -0.15) is 0 Å². The zero-order valence-electron chi connectivity index (χ0n) is 29.1. The predicted octanol–water partition coefficient (Wildman–Crippen LogP) is 8.09. The van der Waals surface area contributed by atoms with Crippen LogP contribution in [0, 0.1) is 46.3 Å². The van der Waals surface area contributed by atoms with Gasteiger partial charge in [-0.05, 0) is 156 Å². The van der Waals surface area contributed by atoms with E-state index in [4.69, 9.17) is 20.9 Å². The second kappa shape index (κ2) is 17.6. The number of nitrogens with two attached hydrogens (primary N) is 2. The Kier molecular flexibility index (Phi) is 14.6. The molecule has 4 fully saturated rings. The molecule has 0 heterocycles. The second-order valence-electron chi connectivity index (χ2n) is 16.1. The van der Waals surface area contributed by atoms with Gasteiger partial charge < -0.3 is 26.3 Å². The van der Waals surface area contributed by atoms with Gasteiger partial charge in [0.05, 0.1) is 12.2 Å². The molecule has 252 valence electrons. The molecule has 4 rings (SSSR count). The zero-order chi connectivity index (χ0) is 30.7. The van der Waals surface area contributed by atoms with Crippen LogP contribution in [0.1, 0.15) is 143 Å². The molecule has 4 saturated carbocycles.